The fraction of sp³-hybridized carbons (Fsp3) is 0.414. The van der Waals surface area contributed by atoms with E-state index in [1.807, 2.05) is 18.7 Å². The van der Waals surface area contributed by atoms with Gasteiger partial charge in [-0.2, -0.15) is 0 Å². The van der Waals surface area contributed by atoms with Gasteiger partial charge in [-0.15, -0.1) is 0 Å². The first-order chi connectivity index (χ1) is 18.5. The number of ether oxygens (including phenoxy) is 1. The molecular weight excluding hydrogens is 496 g/mol. The molecule has 0 radical (unpaired) electrons. The minimum Gasteiger partial charge on any atom is -0.444 e. The number of fused-ring (bicyclic) bond motifs is 1. The van der Waals surface area contributed by atoms with E-state index in [1.54, 1.807) is 63.5 Å². The number of hydrogen-bond donors (Lipinski definition) is 3. The number of rotatable bonds is 8. The van der Waals surface area contributed by atoms with Crippen molar-refractivity contribution in [2.24, 2.45) is 10.7 Å². The van der Waals surface area contributed by atoms with Gasteiger partial charge in [0.1, 0.15) is 11.4 Å². The maximum Gasteiger partial charge on any atom is 0.413 e. The van der Waals surface area contributed by atoms with Gasteiger partial charge in [-0.1, -0.05) is 19.9 Å². The number of carbonyl (C=O) groups excluding carboxylic acids is 3. The fourth-order valence-electron chi connectivity index (χ4n) is 4.07. The summed E-state index contributed by atoms with van der Waals surface area (Å²) in [6.07, 6.45) is 6.05. The Bertz CT molecular complexity index is 1270. The molecule has 0 fully saturated rings. The standard InChI is InChI=1S/C29H38N6O4/c1-6-10-35(11-7-2)27(37)22-13-20-8-9-21(26(36)32-23-12-19(16-30)17-31-18-23)14-24(20)33-25(15-22)34-28(38)39-29(3,4)5/h8-9,12-14,17-18H,6-7,10-11,15-16,30H2,1-5H3,(H,32,36)(H,33,34,38). The van der Waals surface area contributed by atoms with Crippen molar-refractivity contribution in [3.05, 3.63) is 58.9 Å². The van der Waals surface area contributed by atoms with Crippen molar-refractivity contribution in [3.8, 4) is 0 Å². The van der Waals surface area contributed by atoms with Crippen LogP contribution in [-0.2, 0) is 16.1 Å². The van der Waals surface area contributed by atoms with E-state index < -0.39 is 11.7 Å². The number of aromatic nitrogens is 1. The van der Waals surface area contributed by atoms with Crippen LogP contribution in [0.4, 0.5) is 16.2 Å². The number of amides is 3. The Morgan fingerprint density at radius 2 is 1.77 bits per heavy atom. The van der Waals surface area contributed by atoms with Crippen LogP contribution in [0.15, 0.2) is 47.2 Å². The lowest BCUT2D eigenvalue weighted by molar-refractivity contribution is -0.127. The Kier molecular flexibility index (Phi) is 9.95. The summed E-state index contributed by atoms with van der Waals surface area (Å²) < 4.78 is 5.41. The lowest BCUT2D eigenvalue weighted by atomic mass is 10.0. The third-order valence-electron chi connectivity index (χ3n) is 5.72. The first-order valence-electron chi connectivity index (χ1n) is 13.2. The van der Waals surface area contributed by atoms with Gasteiger partial charge < -0.3 is 20.7 Å². The molecule has 0 aliphatic carbocycles. The monoisotopic (exact) mass is 534 g/mol. The molecule has 3 amide bonds. The van der Waals surface area contributed by atoms with Gasteiger partial charge >= 0.3 is 6.09 Å². The minimum atomic E-state index is -0.706. The summed E-state index contributed by atoms with van der Waals surface area (Å²) in [7, 11) is 0. The molecule has 1 aliphatic rings. The highest BCUT2D eigenvalue weighted by molar-refractivity contribution is 6.10. The summed E-state index contributed by atoms with van der Waals surface area (Å²) in [6, 6.07) is 6.80. The summed E-state index contributed by atoms with van der Waals surface area (Å²) in [5.41, 5.74) is 8.24. The van der Waals surface area contributed by atoms with E-state index in [-0.39, 0.29) is 24.1 Å². The number of hydrogen-bond acceptors (Lipinski definition) is 7. The average molecular weight is 535 g/mol. The molecule has 39 heavy (non-hydrogen) atoms. The van der Waals surface area contributed by atoms with E-state index >= 15 is 0 Å². The molecule has 3 rings (SSSR count). The number of nitrogens with two attached hydrogens (primary N) is 1. The first kappa shape index (κ1) is 29.5. The van der Waals surface area contributed by atoms with Crippen molar-refractivity contribution in [1.82, 2.24) is 15.2 Å². The summed E-state index contributed by atoms with van der Waals surface area (Å²) in [5, 5.41) is 5.53. The van der Waals surface area contributed by atoms with Crippen LogP contribution < -0.4 is 16.4 Å². The highest BCUT2D eigenvalue weighted by Gasteiger charge is 2.25. The number of nitrogens with one attached hydrogen (secondary N) is 2. The van der Waals surface area contributed by atoms with Gasteiger partial charge in [-0.25, -0.2) is 9.79 Å². The molecule has 1 aromatic heterocycles. The number of nitrogens with zero attached hydrogens (tertiary/aromatic N) is 3. The zero-order valence-electron chi connectivity index (χ0n) is 23.3. The number of amidine groups is 1. The molecule has 10 heteroatoms. The average Bonchev–Trinajstić information content (AvgIpc) is 3.05. The SMILES string of the molecule is CCCN(CCC)C(=O)C1=Cc2ccc(C(=O)Nc3cncc(CN)c3)cc2N=C(NC(=O)OC(C)(C)C)C1. The van der Waals surface area contributed by atoms with E-state index in [0.717, 1.165) is 18.4 Å². The molecule has 4 N–H and O–H groups in total. The Balaban J connectivity index is 1.97. The quantitative estimate of drug-likeness (QED) is 0.445. The normalized spacial score (nSPS) is 12.9. The number of pyridine rings is 1. The van der Waals surface area contributed by atoms with Crippen molar-refractivity contribution >= 4 is 41.2 Å². The molecule has 208 valence electrons. The molecule has 0 unspecified atom stereocenters. The Morgan fingerprint density at radius 1 is 1.05 bits per heavy atom. The number of carbonyl (C=O) groups is 3. The molecule has 2 heterocycles. The molecule has 0 saturated heterocycles. The first-order valence-corrected chi connectivity index (χ1v) is 13.2. The lowest BCUT2D eigenvalue weighted by Gasteiger charge is -2.23. The molecule has 10 nitrogen and oxygen atoms in total. The van der Waals surface area contributed by atoms with Crippen molar-refractivity contribution in [1.29, 1.82) is 0 Å². The van der Waals surface area contributed by atoms with Crippen LogP contribution in [-0.4, -0.2) is 52.3 Å². The minimum absolute atomic E-state index is 0.107. The van der Waals surface area contributed by atoms with E-state index in [0.29, 0.717) is 47.7 Å². The van der Waals surface area contributed by atoms with Crippen molar-refractivity contribution in [2.75, 3.05) is 18.4 Å². The van der Waals surface area contributed by atoms with Gasteiger partial charge in [0, 0.05) is 49.0 Å². The third-order valence-corrected chi connectivity index (χ3v) is 5.72. The van der Waals surface area contributed by atoms with Crippen molar-refractivity contribution in [3.63, 3.8) is 0 Å². The van der Waals surface area contributed by atoms with Crippen LogP contribution >= 0.6 is 0 Å². The van der Waals surface area contributed by atoms with Crippen molar-refractivity contribution in [2.45, 2.75) is 66.0 Å². The van der Waals surface area contributed by atoms with E-state index in [4.69, 9.17) is 10.5 Å². The third kappa shape index (κ3) is 8.47. The van der Waals surface area contributed by atoms with Gasteiger partial charge in [0.2, 0.25) is 5.91 Å². The van der Waals surface area contributed by atoms with E-state index in [9.17, 15) is 14.4 Å². The van der Waals surface area contributed by atoms with Crippen LogP contribution in [0.3, 0.4) is 0 Å². The fourth-order valence-corrected chi connectivity index (χ4v) is 4.07. The smallest absolute Gasteiger partial charge is 0.413 e. The number of benzene rings is 1. The molecule has 1 aromatic carbocycles. The van der Waals surface area contributed by atoms with Gasteiger partial charge in [0.05, 0.1) is 17.6 Å². The maximum absolute atomic E-state index is 13.5. The second-order valence-corrected chi connectivity index (χ2v) is 10.3. The Morgan fingerprint density at radius 3 is 2.41 bits per heavy atom. The highest BCUT2D eigenvalue weighted by atomic mass is 16.6. The predicted octanol–water partition coefficient (Wildman–Crippen LogP) is 4.78. The van der Waals surface area contributed by atoms with Gasteiger partial charge in [-0.3, -0.25) is 19.9 Å². The highest BCUT2D eigenvalue weighted by Crippen LogP contribution is 2.29. The van der Waals surface area contributed by atoms with Crippen LogP contribution in [0.25, 0.3) is 6.08 Å². The van der Waals surface area contributed by atoms with Gasteiger partial charge in [-0.05, 0) is 63.5 Å². The lowest BCUT2D eigenvalue weighted by Crippen LogP contribution is -2.38. The van der Waals surface area contributed by atoms with Crippen LogP contribution in [0.1, 0.15) is 75.4 Å². The molecule has 0 atom stereocenters. The zero-order chi connectivity index (χ0) is 28.6. The van der Waals surface area contributed by atoms with E-state index in [2.05, 4.69) is 20.6 Å². The van der Waals surface area contributed by atoms with Crippen LogP contribution in [0.2, 0.25) is 0 Å². The topological polar surface area (TPSA) is 139 Å². The maximum atomic E-state index is 13.5. The largest absolute Gasteiger partial charge is 0.444 e. The van der Waals surface area contributed by atoms with Crippen LogP contribution in [0.5, 0.6) is 0 Å². The number of anilines is 1. The van der Waals surface area contributed by atoms with E-state index in [1.165, 1.54) is 0 Å². The predicted molar refractivity (Wildman–Crippen MR) is 153 cm³/mol. The molecule has 0 bridgehead atoms. The number of alkyl carbamates (subject to hydrolysis) is 1. The summed E-state index contributed by atoms with van der Waals surface area (Å²) in [6.45, 7) is 10.9. The molecular formula is C29H38N6O4. The second kappa shape index (κ2) is 13.1. The molecule has 1 aliphatic heterocycles. The molecule has 0 spiro atoms. The summed E-state index contributed by atoms with van der Waals surface area (Å²) >= 11 is 0. The molecule has 0 saturated carbocycles. The number of aliphatic imine (C=N–C) groups is 1. The molecule has 2 aromatic rings. The van der Waals surface area contributed by atoms with Crippen LogP contribution in [0, 0.1) is 0 Å². The van der Waals surface area contributed by atoms with Gasteiger partial charge in [0.15, 0.2) is 0 Å². The van der Waals surface area contributed by atoms with Gasteiger partial charge in [0.25, 0.3) is 5.91 Å². The Hall–Kier alpha value is -4.05. The second-order valence-electron chi connectivity index (χ2n) is 10.3. The van der Waals surface area contributed by atoms with Crippen molar-refractivity contribution < 1.29 is 19.1 Å². The zero-order valence-corrected chi connectivity index (χ0v) is 23.3. The Labute approximate surface area is 229 Å². The summed E-state index contributed by atoms with van der Waals surface area (Å²) in [5.74, 6) is -0.209. The summed E-state index contributed by atoms with van der Waals surface area (Å²) in [4.78, 5) is 49.7.